The van der Waals surface area contributed by atoms with E-state index in [9.17, 15) is 18.0 Å². The molecule has 3 aromatic rings. The third-order valence-electron chi connectivity index (χ3n) is 4.59. The fraction of sp³-hybridized carbons (Fsp3) is 0.130. The molecular formula is C23H22ClN3O4S. The van der Waals surface area contributed by atoms with Crippen LogP contribution >= 0.6 is 11.6 Å². The van der Waals surface area contributed by atoms with Crippen LogP contribution in [0.15, 0.2) is 83.8 Å². The maximum atomic E-state index is 13.3. The van der Waals surface area contributed by atoms with Crippen molar-refractivity contribution in [1.29, 1.82) is 0 Å². The lowest BCUT2D eigenvalue weighted by Gasteiger charge is -2.22. The second kappa shape index (κ2) is 10.4. The quantitative estimate of drug-likeness (QED) is 0.525. The summed E-state index contributed by atoms with van der Waals surface area (Å²) in [5.74, 6) is -0.837. The van der Waals surface area contributed by atoms with E-state index in [0.717, 1.165) is 9.87 Å². The van der Waals surface area contributed by atoms with Gasteiger partial charge in [-0.1, -0.05) is 54.1 Å². The summed E-state index contributed by atoms with van der Waals surface area (Å²) in [4.78, 5) is 24.6. The van der Waals surface area contributed by atoms with Crippen molar-refractivity contribution in [2.24, 2.45) is 0 Å². The number of halogens is 1. The molecule has 32 heavy (non-hydrogen) atoms. The molecule has 0 spiro atoms. The van der Waals surface area contributed by atoms with Gasteiger partial charge in [0.1, 0.15) is 0 Å². The van der Waals surface area contributed by atoms with E-state index in [1.807, 2.05) is 6.07 Å². The summed E-state index contributed by atoms with van der Waals surface area (Å²) < 4.78 is 27.7. The van der Waals surface area contributed by atoms with E-state index in [0.29, 0.717) is 11.3 Å². The number of hydrogen-bond donors (Lipinski definition) is 2. The molecule has 2 N–H and O–H groups in total. The van der Waals surface area contributed by atoms with Gasteiger partial charge in [0.25, 0.3) is 5.91 Å². The standard InChI is InChI=1S/C23H22ClN3O4S/c1-25-23(29)18-9-5-11-20(13-18)26-22(28)16-27(15-17-7-3-2-4-8-17)32(30,31)21-12-6-10-19(24)14-21/h2-14H,15-16H2,1H3,(H,25,29)(H,26,28). The first kappa shape index (κ1) is 23.5. The van der Waals surface area contributed by atoms with Crippen LogP contribution in [0, 0.1) is 0 Å². The highest BCUT2D eigenvalue weighted by molar-refractivity contribution is 7.89. The average Bonchev–Trinajstić information content (AvgIpc) is 2.79. The Hall–Kier alpha value is -3.20. The molecule has 166 valence electrons. The molecule has 0 bridgehead atoms. The molecule has 0 heterocycles. The number of hydrogen-bond acceptors (Lipinski definition) is 4. The van der Waals surface area contributed by atoms with Crippen LogP contribution in [0.4, 0.5) is 5.69 Å². The highest BCUT2D eigenvalue weighted by atomic mass is 35.5. The van der Waals surface area contributed by atoms with Crippen LogP contribution < -0.4 is 10.6 Å². The van der Waals surface area contributed by atoms with E-state index in [4.69, 9.17) is 11.6 Å². The summed E-state index contributed by atoms with van der Waals surface area (Å²) >= 11 is 5.99. The largest absolute Gasteiger partial charge is 0.355 e. The van der Waals surface area contributed by atoms with E-state index in [1.54, 1.807) is 54.6 Å². The monoisotopic (exact) mass is 471 g/mol. The van der Waals surface area contributed by atoms with Crippen molar-refractivity contribution in [1.82, 2.24) is 9.62 Å². The number of nitrogens with one attached hydrogen (secondary N) is 2. The van der Waals surface area contributed by atoms with Crippen molar-refractivity contribution in [3.05, 3.63) is 95.0 Å². The Morgan fingerprint density at radius 1 is 0.938 bits per heavy atom. The number of benzene rings is 3. The summed E-state index contributed by atoms with van der Waals surface area (Å²) in [5.41, 5.74) is 1.49. The molecule has 0 radical (unpaired) electrons. The third kappa shape index (κ3) is 5.94. The Bertz CT molecular complexity index is 1220. The minimum absolute atomic E-state index is 0.00138. The Kier molecular flexibility index (Phi) is 7.63. The Morgan fingerprint density at radius 2 is 1.66 bits per heavy atom. The van der Waals surface area contributed by atoms with Gasteiger partial charge in [-0.05, 0) is 42.0 Å². The van der Waals surface area contributed by atoms with Gasteiger partial charge in [0, 0.05) is 29.9 Å². The zero-order valence-corrected chi connectivity index (χ0v) is 18.9. The van der Waals surface area contributed by atoms with Gasteiger partial charge in [-0.2, -0.15) is 4.31 Å². The lowest BCUT2D eigenvalue weighted by molar-refractivity contribution is -0.116. The van der Waals surface area contributed by atoms with Gasteiger partial charge in [-0.3, -0.25) is 9.59 Å². The van der Waals surface area contributed by atoms with Crippen LogP contribution in [0.5, 0.6) is 0 Å². The molecule has 3 aromatic carbocycles. The van der Waals surface area contributed by atoms with Gasteiger partial charge in [0.15, 0.2) is 0 Å². The number of nitrogens with zero attached hydrogens (tertiary/aromatic N) is 1. The van der Waals surface area contributed by atoms with Gasteiger partial charge in [0.2, 0.25) is 15.9 Å². The van der Waals surface area contributed by atoms with Crippen LogP contribution in [0.25, 0.3) is 0 Å². The number of anilines is 1. The third-order valence-corrected chi connectivity index (χ3v) is 6.61. The Labute approximate surface area is 192 Å². The molecule has 0 unspecified atom stereocenters. The van der Waals surface area contributed by atoms with Crippen LogP contribution in [0.3, 0.4) is 0 Å². The molecule has 7 nitrogen and oxygen atoms in total. The highest BCUT2D eigenvalue weighted by Gasteiger charge is 2.27. The first-order valence-electron chi connectivity index (χ1n) is 9.71. The van der Waals surface area contributed by atoms with Crippen molar-refractivity contribution in [3.8, 4) is 0 Å². The number of rotatable bonds is 8. The average molecular weight is 472 g/mol. The topological polar surface area (TPSA) is 95.6 Å². The van der Waals surface area contributed by atoms with Crippen molar-refractivity contribution < 1.29 is 18.0 Å². The van der Waals surface area contributed by atoms with Crippen molar-refractivity contribution in [2.45, 2.75) is 11.4 Å². The second-order valence-electron chi connectivity index (χ2n) is 6.92. The lowest BCUT2D eigenvalue weighted by Crippen LogP contribution is -2.37. The molecule has 0 atom stereocenters. The SMILES string of the molecule is CNC(=O)c1cccc(NC(=O)CN(Cc2ccccc2)S(=O)(=O)c2cccc(Cl)c2)c1. The molecule has 0 aliphatic rings. The van der Waals surface area contributed by atoms with E-state index in [-0.39, 0.29) is 22.4 Å². The molecule has 0 saturated carbocycles. The van der Waals surface area contributed by atoms with E-state index in [1.165, 1.54) is 25.2 Å². The first-order valence-corrected chi connectivity index (χ1v) is 11.5. The molecule has 0 aliphatic carbocycles. The smallest absolute Gasteiger partial charge is 0.251 e. The predicted octanol–water partition coefficient (Wildman–Crippen LogP) is 3.53. The van der Waals surface area contributed by atoms with Crippen LogP contribution in [-0.4, -0.2) is 38.1 Å². The second-order valence-corrected chi connectivity index (χ2v) is 9.30. The fourth-order valence-corrected chi connectivity index (χ4v) is 4.72. The normalized spacial score (nSPS) is 11.2. The summed E-state index contributed by atoms with van der Waals surface area (Å²) in [6.45, 7) is -0.421. The van der Waals surface area contributed by atoms with Gasteiger partial charge < -0.3 is 10.6 Å². The van der Waals surface area contributed by atoms with Gasteiger partial charge in [0.05, 0.1) is 11.4 Å². The van der Waals surface area contributed by atoms with Crippen molar-refractivity contribution >= 4 is 39.1 Å². The van der Waals surface area contributed by atoms with Gasteiger partial charge in [-0.25, -0.2) is 8.42 Å². The van der Waals surface area contributed by atoms with Crippen molar-refractivity contribution in [2.75, 3.05) is 18.9 Å². The zero-order chi connectivity index (χ0) is 23.1. The predicted molar refractivity (Wildman–Crippen MR) is 124 cm³/mol. The molecule has 0 aliphatic heterocycles. The summed E-state index contributed by atoms with van der Waals surface area (Å²) in [5, 5.41) is 5.45. The maximum Gasteiger partial charge on any atom is 0.251 e. The minimum Gasteiger partial charge on any atom is -0.355 e. The molecular weight excluding hydrogens is 450 g/mol. The van der Waals surface area contributed by atoms with Crippen molar-refractivity contribution in [3.63, 3.8) is 0 Å². The maximum absolute atomic E-state index is 13.3. The molecule has 0 saturated heterocycles. The first-order chi connectivity index (χ1) is 15.3. The molecule has 0 fully saturated rings. The minimum atomic E-state index is -4.01. The fourth-order valence-electron chi connectivity index (χ4n) is 3.03. The summed E-state index contributed by atoms with van der Waals surface area (Å²) in [7, 11) is -2.50. The number of sulfonamides is 1. The Morgan fingerprint density at radius 3 is 2.34 bits per heavy atom. The molecule has 2 amide bonds. The van der Waals surface area contributed by atoms with E-state index in [2.05, 4.69) is 10.6 Å². The van der Waals surface area contributed by atoms with Crippen LogP contribution in [-0.2, 0) is 21.4 Å². The van der Waals surface area contributed by atoms with Crippen LogP contribution in [0.1, 0.15) is 15.9 Å². The number of carbonyl (C=O) groups is 2. The Balaban J connectivity index is 1.85. The lowest BCUT2D eigenvalue weighted by atomic mass is 10.2. The van der Waals surface area contributed by atoms with Crippen LogP contribution in [0.2, 0.25) is 5.02 Å². The molecule has 0 aromatic heterocycles. The van der Waals surface area contributed by atoms with Gasteiger partial charge >= 0.3 is 0 Å². The van der Waals surface area contributed by atoms with E-state index >= 15 is 0 Å². The van der Waals surface area contributed by atoms with E-state index < -0.39 is 22.5 Å². The van der Waals surface area contributed by atoms with Gasteiger partial charge in [-0.15, -0.1) is 0 Å². The highest BCUT2D eigenvalue weighted by Crippen LogP contribution is 2.22. The summed E-state index contributed by atoms with van der Waals surface area (Å²) in [6, 6.07) is 21.3. The number of amides is 2. The zero-order valence-electron chi connectivity index (χ0n) is 17.3. The molecule has 3 rings (SSSR count). The molecule has 9 heteroatoms. The number of carbonyl (C=O) groups excluding carboxylic acids is 2. The summed E-state index contributed by atoms with van der Waals surface area (Å²) in [6.07, 6.45) is 0.